The highest BCUT2D eigenvalue weighted by atomic mass is 16.5. The van der Waals surface area contributed by atoms with Crippen molar-refractivity contribution in [2.75, 3.05) is 19.6 Å². The number of likely N-dealkylation sites (tertiary alicyclic amines) is 2. The van der Waals surface area contributed by atoms with Crippen LogP contribution in [0.5, 0.6) is 0 Å². The van der Waals surface area contributed by atoms with Gasteiger partial charge in [-0.2, -0.15) is 0 Å². The average Bonchev–Trinajstić information content (AvgIpc) is 3.39. The monoisotopic (exact) mass is 493 g/mol. The first-order valence-corrected chi connectivity index (χ1v) is 13.7. The zero-order valence-electron chi connectivity index (χ0n) is 21.6. The Kier molecular flexibility index (Phi) is 7.20. The first kappa shape index (κ1) is 25.0. The molecule has 2 amide bonds. The topological polar surface area (TPSA) is 86.9 Å². The molecule has 5 rings (SSSR count). The molecule has 1 N–H and O–H groups in total. The van der Waals surface area contributed by atoms with Gasteiger partial charge in [-0.05, 0) is 43.6 Å². The predicted molar refractivity (Wildman–Crippen MR) is 136 cm³/mol. The van der Waals surface area contributed by atoms with Gasteiger partial charge < -0.3 is 19.4 Å². The number of carbonyl (C=O) groups excluding carboxylic acids is 2. The molecule has 1 spiro atoms. The standard InChI is InChI=1S/C29H39N3O4/c1-20(2)19-32-26(22-11-7-4-8-12-22)24(33)18-29(28(32)35)13-15-31(16-14-29)27(34)25-17-23(30-36-25)21-9-5-3-6-10-21/h4,7-8,11-12,17,20-21,24,26,33H,3,5-6,9-10,13-16,18-19H2,1-2H3/t24-,26+/m1/s1. The van der Waals surface area contributed by atoms with Crippen LogP contribution in [-0.2, 0) is 4.79 Å². The molecule has 7 nitrogen and oxygen atoms in total. The van der Waals surface area contributed by atoms with Crippen molar-refractivity contribution in [3.63, 3.8) is 0 Å². The molecular formula is C29H39N3O4. The van der Waals surface area contributed by atoms with Gasteiger partial charge in [-0.25, -0.2) is 0 Å². The minimum Gasteiger partial charge on any atom is -0.391 e. The van der Waals surface area contributed by atoms with E-state index in [1.807, 2.05) is 41.3 Å². The second-order valence-electron chi connectivity index (χ2n) is 11.5. The predicted octanol–water partition coefficient (Wildman–Crippen LogP) is 4.94. The Morgan fingerprint density at radius 3 is 2.50 bits per heavy atom. The lowest BCUT2D eigenvalue weighted by Gasteiger charge is -2.51. The van der Waals surface area contributed by atoms with E-state index in [0.717, 1.165) is 24.1 Å². The van der Waals surface area contributed by atoms with Crippen LogP contribution >= 0.6 is 0 Å². The van der Waals surface area contributed by atoms with Crippen LogP contribution < -0.4 is 0 Å². The van der Waals surface area contributed by atoms with Crippen LogP contribution in [0.15, 0.2) is 40.9 Å². The van der Waals surface area contributed by atoms with Crippen molar-refractivity contribution in [2.45, 2.75) is 83.3 Å². The Morgan fingerprint density at radius 2 is 1.83 bits per heavy atom. The molecule has 0 unspecified atom stereocenters. The lowest BCUT2D eigenvalue weighted by molar-refractivity contribution is -0.164. The molecule has 2 aliphatic heterocycles. The number of amides is 2. The van der Waals surface area contributed by atoms with E-state index in [4.69, 9.17) is 4.52 Å². The van der Waals surface area contributed by atoms with Gasteiger partial charge in [-0.3, -0.25) is 9.59 Å². The molecule has 3 aliphatic rings. The van der Waals surface area contributed by atoms with Crippen molar-refractivity contribution >= 4 is 11.8 Å². The highest BCUT2D eigenvalue weighted by Gasteiger charge is 2.53. The fourth-order valence-electron chi connectivity index (χ4n) is 6.57. The van der Waals surface area contributed by atoms with Crippen LogP contribution in [0.2, 0.25) is 0 Å². The Morgan fingerprint density at radius 1 is 1.14 bits per heavy atom. The summed E-state index contributed by atoms with van der Waals surface area (Å²) in [6, 6.07) is 11.3. The maximum Gasteiger partial charge on any atom is 0.292 e. The number of aliphatic hydroxyl groups excluding tert-OH is 1. The van der Waals surface area contributed by atoms with Crippen LogP contribution in [0.1, 0.15) is 99.0 Å². The van der Waals surface area contributed by atoms with Crippen LogP contribution in [-0.4, -0.2) is 57.6 Å². The molecule has 0 radical (unpaired) electrons. The Labute approximate surface area is 213 Å². The highest BCUT2D eigenvalue weighted by Crippen LogP contribution is 2.47. The van der Waals surface area contributed by atoms with E-state index in [2.05, 4.69) is 19.0 Å². The van der Waals surface area contributed by atoms with Crippen LogP contribution in [0.25, 0.3) is 0 Å². The van der Waals surface area contributed by atoms with Crippen LogP contribution in [0.4, 0.5) is 0 Å². The van der Waals surface area contributed by atoms with Gasteiger partial charge in [0.05, 0.1) is 23.3 Å². The summed E-state index contributed by atoms with van der Waals surface area (Å²) in [5.41, 5.74) is 1.24. The second kappa shape index (κ2) is 10.4. The molecule has 2 atom stereocenters. The van der Waals surface area contributed by atoms with Gasteiger partial charge in [0, 0.05) is 31.6 Å². The Balaban J connectivity index is 1.29. The molecule has 2 aromatic rings. The lowest BCUT2D eigenvalue weighted by Crippen LogP contribution is -2.59. The van der Waals surface area contributed by atoms with Crippen LogP contribution in [0.3, 0.4) is 0 Å². The molecule has 0 bridgehead atoms. The number of benzene rings is 1. The number of piperidine rings is 2. The van der Waals surface area contributed by atoms with Crippen molar-refractivity contribution in [1.29, 1.82) is 0 Å². The summed E-state index contributed by atoms with van der Waals surface area (Å²) in [7, 11) is 0. The van der Waals surface area contributed by atoms with Gasteiger partial charge in [0.1, 0.15) is 0 Å². The summed E-state index contributed by atoms with van der Waals surface area (Å²) in [6.45, 7) is 5.75. The highest BCUT2D eigenvalue weighted by molar-refractivity contribution is 5.92. The zero-order valence-corrected chi connectivity index (χ0v) is 21.6. The third kappa shape index (κ3) is 4.82. The number of aromatic nitrogens is 1. The number of rotatable bonds is 5. The molecule has 2 saturated heterocycles. The molecule has 1 aromatic heterocycles. The number of hydrogen-bond acceptors (Lipinski definition) is 5. The second-order valence-corrected chi connectivity index (χ2v) is 11.5. The molecule has 36 heavy (non-hydrogen) atoms. The van der Waals surface area contributed by atoms with E-state index in [9.17, 15) is 14.7 Å². The van der Waals surface area contributed by atoms with E-state index in [-0.39, 0.29) is 23.8 Å². The van der Waals surface area contributed by atoms with E-state index < -0.39 is 11.5 Å². The van der Waals surface area contributed by atoms with Crippen molar-refractivity contribution in [2.24, 2.45) is 11.3 Å². The van der Waals surface area contributed by atoms with Gasteiger partial charge >= 0.3 is 0 Å². The first-order chi connectivity index (χ1) is 17.4. The van der Waals surface area contributed by atoms with Crippen molar-refractivity contribution in [3.8, 4) is 0 Å². The SMILES string of the molecule is CC(C)CN1C(=O)C2(CCN(C(=O)c3cc(C4CCCCC4)no3)CC2)C[C@@H](O)[C@@H]1c1ccccc1. The average molecular weight is 494 g/mol. The largest absolute Gasteiger partial charge is 0.391 e. The fourth-order valence-corrected chi connectivity index (χ4v) is 6.57. The minimum atomic E-state index is -0.640. The van der Waals surface area contributed by atoms with Crippen molar-refractivity contribution < 1.29 is 19.2 Å². The maximum absolute atomic E-state index is 14.0. The summed E-state index contributed by atoms with van der Waals surface area (Å²) in [6.07, 6.45) is 6.77. The van der Waals surface area contributed by atoms with E-state index >= 15 is 0 Å². The van der Waals surface area contributed by atoms with Crippen molar-refractivity contribution in [3.05, 3.63) is 53.4 Å². The smallest absolute Gasteiger partial charge is 0.292 e. The van der Waals surface area contributed by atoms with Gasteiger partial charge in [0.15, 0.2) is 0 Å². The summed E-state index contributed by atoms with van der Waals surface area (Å²) in [5, 5.41) is 15.5. The molecule has 194 valence electrons. The van der Waals surface area contributed by atoms with Gasteiger partial charge in [0.25, 0.3) is 5.91 Å². The van der Waals surface area contributed by atoms with Gasteiger partial charge in [-0.1, -0.05) is 68.6 Å². The molecule has 1 aromatic carbocycles. The molecule has 3 heterocycles. The minimum absolute atomic E-state index is 0.113. The fraction of sp³-hybridized carbons (Fsp3) is 0.621. The lowest BCUT2D eigenvalue weighted by atomic mass is 9.68. The van der Waals surface area contributed by atoms with Gasteiger partial charge in [-0.15, -0.1) is 0 Å². The zero-order chi connectivity index (χ0) is 25.3. The van der Waals surface area contributed by atoms with E-state index in [1.165, 1.54) is 19.3 Å². The quantitative estimate of drug-likeness (QED) is 0.638. The number of carbonyl (C=O) groups is 2. The number of hydrogen-bond donors (Lipinski definition) is 1. The summed E-state index contributed by atoms with van der Waals surface area (Å²) in [5.74, 6) is 0.937. The molecule has 1 saturated carbocycles. The van der Waals surface area contributed by atoms with Crippen molar-refractivity contribution in [1.82, 2.24) is 15.0 Å². The maximum atomic E-state index is 14.0. The third-order valence-corrected chi connectivity index (χ3v) is 8.49. The molecule has 3 fully saturated rings. The summed E-state index contributed by atoms with van der Waals surface area (Å²) in [4.78, 5) is 30.9. The normalized spacial score (nSPS) is 25.1. The van der Waals surface area contributed by atoms with Gasteiger partial charge in [0.2, 0.25) is 11.7 Å². The molecular weight excluding hydrogens is 454 g/mol. The summed E-state index contributed by atoms with van der Waals surface area (Å²) >= 11 is 0. The number of aliphatic hydroxyl groups is 1. The Hall–Kier alpha value is -2.67. The third-order valence-electron chi connectivity index (χ3n) is 8.49. The molecule has 7 heteroatoms. The first-order valence-electron chi connectivity index (χ1n) is 13.7. The Bertz CT molecular complexity index is 1050. The van der Waals surface area contributed by atoms with E-state index in [1.54, 1.807) is 4.90 Å². The number of nitrogens with zero attached hydrogens (tertiary/aromatic N) is 3. The van der Waals surface area contributed by atoms with Crippen LogP contribution in [0, 0.1) is 11.3 Å². The summed E-state index contributed by atoms with van der Waals surface area (Å²) < 4.78 is 5.48. The molecule has 1 aliphatic carbocycles. The van der Waals surface area contributed by atoms with E-state index in [0.29, 0.717) is 50.6 Å².